The summed E-state index contributed by atoms with van der Waals surface area (Å²) >= 11 is 0. The lowest BCUT2D eigenvalue weighted by Crippen LogP contribution is -2.44. The lowest BCUT2D eigenvalue weighted by Gasteiger charge is -2.29. The number of carbonyl (C=O) groups excluding carboxylic acids is 1. The zero-order valence-electron chi connectivity index (χ0n) is 13.9. The fourth-order valence-corrected chi connectivity index (χ4v) is 2.86. The van der Waals surface area contributed by atoms with E-state index in [1.54, 1.807) is 26.0 Å². The molecule has 0 aromatic heterocycles. The first kappa shape index (κ1) is 18.6. The summed E-state index contributed by atoms with van der Waals surface area (Å²) in [4.78, 5) is 12.2. The number of ether oxygens (including phenoxy) is 1. The number of amides is 1. The van der Waals surface area contributed by atoms with E-state index in [1.165, 1.54) is 12.1 Å². The first-order valence-corrected chi connectivity index (χ1v) is 8.03. The van der Waals surface area contributed by atoms with Gasteiger partial charge in [-0.25, -0.2) is 0 Å². The van der Waals surface area contributed by atoms with Gasteiger partial charge in [-0.05, 0) is 25.5 Å². The molecule has 0 aliphatic carbocycles. The van der Waals surface area contributed by atoms with Crippen molar-refractivity contribution in [2.24, 2.45) is 5.92 Å². The fraction of sp³-hybridized carbons (Fsp3) is 0.588. The topological polar surface area (TPSA) is 50.4 Å². The second kappa shape index (κ2) is 7.42. The van der Waals surface area contributed by atoms with Crippen LogP contribution in [0.5, 0.6) is 5.75 Å². The first-order chi connectivity index (χ1) is 11.2. The molecule has 0 radical (unpaired) electrons. The highest BCUT2D eigenvalue weighted by atomic mass is 19.4. The zero-order chi connectivity index (χ0) is 17.8. The van der Waals surface area contributed by atoms with Gasteiger partial charge in [0.25, 0.3) is 0 Å². The first-order valence-electron chi connectivity index (χ1n) is 8.03. The molecule has 0 saturated carbocycles. The Labute approximate surface area is 139 Å². The summed E-state index contributed by atoms with van der Waals surface area (Å²) in [6.45, 7) is 5.36. The van der Waals surface area contributed by atoms with Crippen LogP contribution in [0.3, 0.4) is 0 Å². The Morgan fingerprint density at radius 1 is 1.33 bits per heavy atom. The zero-order valence-corrected chi connectivity index (χ0v) is 13.9. The molecule has 1 fully saturated rings. The number of halogens is 3. The van der Waals surface area contributed by atoms with Gasteiger partial charge in [0.2, 0.25) is 5.91 Å². The Kier molecular flexibility index (Phi) is 5.74. The number of benzene rings is 1. The molecule has 1 saturated heterocycles. The highest BCUT2D eigenvalue weighted by molar-refractivity contribution is 5.79. The van der Waals surface area contributed by atoms with E-state index in [0.717, 1.165) is 19.4 Å². The maximum atomic E-state index is 12.6. The third kappa shape index (κ3) is 5.12. The van der Waals surface area contributed by atoms with Crippen LogP contribution in [-0.4, -0.2) is 31.9 Å². The SMILES string of the molecule is CC(C)(CNC(=O)[C@H]1CCCNC1)c1ccccc1OC(F)(F)F. The summed E-state index contributed by atoms with van der Waals surface area (Å²) in [6, 6.07) is 6.03. The molecule has 7 heteroatoms. The van der Waals surface area contributed by atoms with E-state index < -0.39 is 11.8 Å². The molecule has 1 atom stereocenters. The molecule has 0 spiro atoms. The van der Waals surface area contributed by atoms with Gasteiger partial charge < -0.3 is 15.4 Å². The Hall–Kier alpha value is -1.76. The second-order valence-corrected chi connectivity index (χ2v) is 6.69. The van der Waals surface area contributed by atoms with Crippen molar-refractivity contribution in [2.75, 3.05) is 19.6 Å². The number of carbonyl (C=O) groups is 1. The van der Waals surface area contributed by atoms with E-state index in [4.69, 9.17) is 0 Å². The number of hydrogen-bond donors (Lipinski definition) is 2. The maximum Gasteiger partial charge on any atom is 0.573 e. The van der Waals surface area contributed by atoms with Gasteiger partial charge in [-0.1, -0.05) is 32.0 Å². The van der Waals surface area contributed by atoms with Gasteiger partial charge in [0.15, 0.2) is 0 Å². The molecule has 1 amide bonds. The van der Waals surface area contributed by atoms with Crippen LogP contribution < -0.4 is 15.4 Å². The summed E-state index contributed by atoms with van der Waals surface area (Å²) in [5, 5.41) is 6.04. The lowest BCUT2D eigenvalue weighted by molar-refractivity contribution is -0.275. The standard InChI is InChI=1S/C17H23F3N2O2/c1-16(2,11-22-15(23)12-6-5-9-21-10-12)13-7-3-4-8-14(13)24-17(18,19)20/h3-4,7-8,12,21H,5-6,9-11H2,1-2H3,(H,22,23)/t12-/m0/s1. The molecule has 1 heterocycles. The Bertz CT molecular complexity index is 567. The third-order valence-corrected chi connectivity index (χ3v) is 4.21. The van der Waals surface area contributed by atoms with Crippen molar-refractivity contribution in [1.82, 2.24) is 10.6 Å². The monoisotopic (exact) mass is 344 g/mol. The van der Waals surface area contributed by atoms with E-state index in [9.17, 15) is 18.0 Å². The summed E-state index contributed by atoms with van der Waals surface area (Å²) in [7, 11) is 0. The van der Waals surface area contributed by atoms with Gasteiger partial charge in [0, 0.05) is 24.1 Å². The molecule has 24 heavy (non-hydrogen) atoms. The van der Waals surface area contributed by atoms with Crippen molar-refractivity contribution in [3.63, 3.8) is 0 Å². The van der Waals surface area contributed by atoms with Crippen molar-refractivity contribution in [3.8, 4) is 5.75 Å². The number of rotatable bonds is 5. The van der Waals surface area contributed by atoms with Crippen LogP contribution in [0.25, 0.3) is 0 Å². The quantitative estimate of drug-likeness (QED) is 0.863. The van der Waals surface area contributed by atoms with Crippen LogP contribution in [0.15, 0.2) is 24.3 Å². The molecule has 2 N–H and O–H groups in total. The van der Waals surface area contributed by atoms with Crippen molar-refractivity contribution in [1.29, 1.82) is 0 Å². The smallest absolute Gasteiger partial charge is 0.405 e. The molecular weight excluding hydrogens is 321 g/mol. The second-order valence-electron chi connectivity index (χ2n) is 6.69. The van der Waals surface area contributed by atoms with Gasteiger partial charge in [-0.15, -0.1) is 13.2 Å². The van der Waals surface area contributed by atoms with Crippen LogP contribution in [-0.2, 0) is 10.2 Å². The molecular formula is C17H23F3N2O2. The maximum absolute atomic E-state index is 12.6. The molecule has 2 rings (SSSR count). The minimum Gasteiger partial charge on any atom is -0.405 e. The average Bonchev–Trinajstić information content (AvgIpc) is 2.52. The number of hydrogen-bond acceptors (Lipinski definition) is 3. The van der Waals surface area contributed by atoms with Crippen molar-refractivity contribution in [2.45, 2.75) is 38.5 Å². The predicted molar refractivity (Wildman–Crippen MR) is 84.8 cm³/mol. The van der Waals surface area contributed by atoms with Gasteiger partial charge in [0.1, 0.15) is 5.75 Å². The Morgan fingerprint density at radius 2 is 2.04 bits per heavy atom. The molecule has 134 valence electrons. The van der Waals surface area contributed by atoms with E-state index >= 15 is 0 Å². The number of nitrogens with one attached hydrogen (secondary N) is 2. The van der Waals surface area contributed by atoms with Gasteiger partial charge >= 0.3 is 6.36 Å². The molecule has 0 unspecified atom stereocenters. The minimum atomic E-state index is -4.75. The molecule has 4 nitrogen and oxygen atoms in total. The third-order valence-electron chi connectivity index (χ3n) is 4.21. The van der Waals surface area contributed by atoms with E-state index in [2.05, 4.69) is 15.4 Å². The van der Waals surface area contributed by atoms with Crippen LogP contribution in [0.1, 0.15) is 32.3 Å². The Morgan fingerprint density at radius 3 is 2.67 bits per heavy atom. The normalized spacial score (nSPS) is 19.0. The number of piperidine rings is 1. The lowest BCUT2D eigenvalue weighted by atomic mass is 9.83. The summed E-state index contributed by atoms with van der Waals surface area (Å²) in [6.07, 6.45) is -2.97. The average molecular weight is 344 g/mol. The van der Waals surface area contributed by atoms with Crippen LogP contribution in [0.4, 0.5) is 13.2 Å². The van der Waals surface area contributed by atoms with Crippen LogP contribution >= 0.6 is 0 Å². The van der Waals surface area contributed by atoms with E-state index in [0.29, 0.717) is 12.1 Å². The predicted octanol–water partition coefficient (Wildman–Crippen LogP) is 2.98. The molecule has 1 aromatic rings. The van der Waals surface area contributed by atoms with E-state index in [-0.39, 0.29) is 24.1 Å². The van der Waals surface area contributed by atoms with Crippen molar-refractivity contribution in [3.05, 3.63) is 29.8 Å². The Balaban J connectivity index is 2.05. The molecule has 1 aromatic carbocycles. The van der Waals surface area contributed by atoms with Crippen molar-refractivity contribution < 1.29 is 22.7 Å². The molecule has 0 bridgehead atoms. The summed E-state index contributed by atoms with van der Waals surface area (Å²) in [5.41, 5.74) is -0.288. The number of alkyl halides is 3. The minimum absolute atomic E-state index is 0.0653. The summed E-state index contributed by atoms with van der Waals surface area (Å²) < 4.78 is 41.8. The number of para-hydroxylation sites is 1. The fourth-order valence-electron chi connectivity index (χ4n) is 2.86. The van der Waals surface area contributed by atoms with Crippen LogP contribution in [0.2, 0.25) is 0 Å². The van der Waals surface area contributed by atoms with Gasteiger partial charge in [0.05, 0.1) is 5.92 Å². The van der Waals surface area contributed by atoms with Gasteiger partial charge in [-0.2, -0.15) is 0 Å². The van der Waals surface area contributed by atoms with Crippen LogP contribution in [0, 0.1) is 5.92 Å². The highest BCUT2D eigenvalue weighted by Crippen LogP contribution is 2.34. The largest absolute Gasteiger partial charge is 0.573 e. The summed E-state index contributed by atoms with van der Waals surface area (Å²) in [5.74, 6) is -0.385. The van der Waals surface area contributed by atoms with E-state index in [1.807, 2.05) is 0 Å². The van der Waals surface area contributed by atoms with Crippen molar-refractivity contribution >= 4 is 5.91 Å². The van der Waals surface area contributed by atoms with Gasteiger partial charge in [-0.3, -0.25) is 4.79 Å². The molecule has 1 aliphatic heterocycles. The highest BCUT2D eigenvalue weighted by Gasteiger charge is 2.35. The molecule has 1 aliphatic rings.